The Labute approximate surface area is 157 Å². The van der Waals surface area contributed by atoms with Crippen LogP contribution in [0.25, 0.3) is 0 Å². The van der Waals surface area contributed by atoms with Crippen LogP contribution in [-0.2, 0) is 9.59 Å². The molecule has 1 heterocycles. The highest BCUT2D eigenvalue weighted by atomic mass is 16.5. The summed E-state index contributed by atoms with van der Waals surface area (Å²) in [5, 5.41) is 3.11. The number of para-hydroxylation sites is 2. The number of amides is 2. The first-order chi connectivity index (χ1) is 12.0. The number of benzene rings is 1. The summed E-state index contributed by atoms with van der Waals surface area (Å²) in [7, 11) is 0. The highest BCUT2D eigenvalue weighted by Gasteiger charge is 2.33. The van der Waals surface area contributed by atoms with E-state index in [2.05, 4.69) is 26.1 Å². The number of nitrogens with one attached hydrogen (secondary N) is 1. The van der Waals surface area contributed by atoms with Crippen molar-refractivity contribution < 1.29 is 14.3 Å². The van der Waals surface area contributed by atoms with Crippen LogP contribution in [0.2, 0.25) is 0 Å². The van der Waals surface area contributed by atoms with Crippen molar-refractivity contribution in [2.24, 2.45) is 5.41 Å². The van der Waals surface area contributed by atoms with E-state index in [1.165, 1.54) is 0 Å². The van der Waals surface area contributed by atoms with E-state index >= 15 is 0 Å². The first-order valence-electron chi connectivity index (χ1n) is 9.40. The van der Waals surface area contributed by atoms with Crippen LogP contribution in [0, 0.1) is 5.41 Å². The molecule has 1 N–H and O–H groups in total. The van der Waals surface area contributed by atoms with Crippen LogP contribution >= 0.6 is 0 Å². The summed E-state index contributed by atoms with van der Waals surface area (Å²) >= 11 is 0. The number of hydrogen-bond acceptors (Lipinski definition) is 3. The van der Waals surface area contributed by atoms with Crippen molar-refractivity contribution in [1.82, 2.24) is 5.32 Å². The molecule has 0 aromatic heterocycles. The van der Waals surface area contributed by atoms with Crippen molar-refractivity contribution in [3.05, 3.63) is 24.3 Å². The van der Waals surface area contributed by atoms with Crippen molar-refractivity contribution in [2.45, 2.75) is 72.4 Å². The predicted molar refractivity (Wildman–Crippen MR) is 104 cm³/mol. The Hall–Kier alpha value is -2.04. The van der Waals surface area contributed by atoms with E-state index in [0.29, 0.717) is 18.7 Å². The normalized spacial score (nSPS) is 17.5. The zero-order valence-corrected chi connectivity index (χ0v) is 16.9. The van der Waals surface area contributed by atoms with Crippen molar-refractivity contribution in [3.63, 3.8) is 0 Å². The van der Waals surface area contributed by atoms with Gasteiger partial charge in [-0.3, -0.25) is 9.59 Å². The lowest BCUT2D eigenvalue weighted by molar-refractivity contribution is -0.126. The first-order valence-corrected chi connectivity index (χ1v) is 9.40. The molecule has 144 valence electrons. The highest BCUT2D eigenvalue weighted by molar-refractivity contribution is 6.00. The minimum absolute atomic E-state index is 0.0379. The van der Waals surface area contributed by atoms with E-state index < -0.39 is 6.10 Å². The van der Waals surface area contributed by atoms with Gasteiger partial charge in [-0.1, -0.05) is 39.8 Å². The van der Waals surface area contributed by atoms with E-state index in [4.69, 9.17) is 4.74 Å². The molecular weight excluding hydrogens is 328 g/mol. The summed E-state index contributed by atoms with van der Waals surface area (Å²) in [5.74, 6) is 0.587. The van der Waals surface area contributed by atoms with Gasteiger partial charge in [0.15, 0.2) is 6.10 Å². The Kier molecular flexibility index (Phi) is 5.99. The molecule has 1 aromatic carbocycles. The van der Waals surface area contributed by atoms with Crippen LogP contribution < -0.4 is 15.0 Å². The molecule has 26 heavy (non-hydrogen) atoms. The summed E-state index contributed by atoms with van der Waals surface area (Å²) in [4.78, 5) is 26.8. The number of rotatable bonds is 6. The summed E-state index contributed by atoms with van der Waals surface area (Å²) in [6.07, 6.45) is 1.27. The number of ether oxygens (including phenoxy) is 1. The molecule has 5 heteroatoms. The maximum absolute atomic E-state index is 12.7. The van der Waals surface area contributed by atoms with Gasteiger partial charge in [0.1, 0.15) is 5.75 Å². The predicted octanol–water partition coefficient (Wildman–Crippen LogP) is 3.91. The molecule has 0 radical (unpaired) electrons. The van der Waals surface area contributed by atoms with Crippen LogP contribution in [-0.4, -0.2) is 30.0 Å². The molecule has 0 spiro atoms. The van der Waals surface area contributed by atoms with E-state index in [1.807, 2.05) is 45.0 Å². The van der Waals surface area contributed by atoms with E-state index in [1.54, 1.807) is 4.90 Å². The minimum atomic E-state index is -0.481. The topological polar surface area (TPSA) is 58.6 Å². The SMILES string of the molecule is CCC1Oc2ccccc2N(CCC(=O)NC(C)(C)CC(C)(C)C)C1=O. The van der Waals surface area contributed by atoms with Crippen LogP contribution in [0.1, 0.15) is 60.8 Å². The molecular formula is C21H32N2O3. The third-order valence-electron chi connectivity index (χ3n) is 4.35. The fourth-order valence-electron chi connectivity index (χ4n) is 3.79. The molecule has 0 saturated carbocycles. The second kappa shape index (κ2) is 7.68. The van der Waals surface area contributed by atoms with Crippen LogP contribution in [0.15, 0.2) is 24.3 Å². The zero-order valence-electron chi connectivity index (χ0n) is 16.9. The molecule has 1 aromatic rings. The standard InChI is InChI=1S/C21H32N2O3/c1-7-16-19(25)23(15-10-8-9-11-17(15)26-16)13-12-18(24)22-21(5,6)14-20(2,3)4/h8-11,16H,7,12-14H2,1-6H3,(H,22,24). The van der Waals surface area contributed by atoms with Gasteiger partial charge in [-0.2, -0.15) is 0 Å². The summed E-state index contributed by atoms with van der Waals surface area (Å²) < 4.78 is 5.77. The second-order valence-electron chi connectivity index (χ2n) is 8.89. The third-order valence-corrected chi connectivity index (χ3v) is 4.35. The van der Waals surface area contributed by atoms with Gasteiger partial charge in [0.2, 0.25) is 5.91 Å². The van der Waals surface area contributed by atoms with Gasteiger partial charge in [-0.15, -0.1) is 0 Å². The quantitative estimate of drug-likeness (QED) is 0.837. The monoisotopic (exact) mass is 360 g/mol. The Bertz CT molecular complexity index is 661. The largest absolute Gasteiger partial charge is 0.478 e. The number of anilines is 1. The van der Waals surface area contributed by atoms with Crippen molar-refractivity contribution >= 4 is 17.5 Å². The molecule has 5 nitrogen and oxygen atoms in total. The van der Waals surface area contributed by atoms with Gasteiger partial charge in [0.25, 0.3) is 5.91 Å². The number of carbonyl (C=O) groups excluding carboxylic acids is 2. The molecule has 2 amide bonds. The fourth-order valence-corrected chi connectivity index (χ4v) is 3.79. The van der Waals surface area contributed by atoms with Crippen molar-refractivity contribution in [2.75, 3.05) is 11.4 Å². The average Bonchev–Trinajstić information content (AvgIpc) is 2.50. The van der Waals surface area contributed by atoms with Crippen LogP contribution in [0.3, 0.4) is 0 Å². The maximum atomic E-state index is 12.7. The first kappa shape index (κ1) is 20.3. The number of fused-ring (bicyclic) bond motifs is 1. The van der Waals surface area contributed by atoms with Gasteiger partial charge in [-0.05, 0) is 44.2 Å². The molecule has 0 aliphatic carbocycles. The molecule has 1 atom stereocenters. The van der Waals surface area contributed by atoms with Gasteiger partial charge in [-0.25, -0.2) is 0 Å². The number of nitrogens with zero attached hydrogens (tertiary/aromatic N) is 1. The van der Waals surface area contributed by atoms with Crippen molar-refractivity contribution in [1.29, 1.82) is 0 Å². The number of hydrogen-bond donors (Lipinski definition) is 1. The van der Waals surface area contributed by atoms with E-state index in [-0.39, 0.29) is 29.2 Å². The third kappa shape index (κ3) is 5.23. The maximum Gasteiger partial charge on any atom is 0.268 e. The lowest BCUT2D eigenvalue weighted by Gasteiger charge is -2.35. The molecule has 0 saturated heterocycles. The lowest BCUT2D eigenvalue weighted by Crippen LogP contribution is -2.49. The average molecular weight is 360 g/mol. The van der Waals surface area contributed by atoms with E-state index in [9.17, 15) is 9.59 Å². The molecule has 0 bridgehead atoms. The zero-order chi connectivity index (χ0) is 19.5. The van der Waals surface area contributed by atoms with Gasteiger partial charge >= 0.3 is 0 Å². The molecule has 0 fully saturated rings. The molecule has 1 aliphatic heterocycles. The Morgan fingerprint density at radius 1 is 1.19 bits per heavy atom. The summed E-state index contributed by atoms with van der Waals surface area (Å²) in [6, 6.07) is 7.49. The van der Waals surface area contributed by atoms with Gasteiger partial charge in [0.05, 0.1) is 5.69 Å². The Morgan fingerprint density at radius 2 is 1.85 bits per heavy atom. The van der Waals surface area contributed by atoms with Crippen LogP contribution in [0.4, 0.5) is 5.69 Å². The smallest absolute Gasteiger partial charge is 0.268 e. The number of carbonyl (C=O) groups is 2. The summed E-state index contributed by atoms with van der Waals surface area (Å²) in [6.45, 7) is 12.8. The molecule has 1 unspecified atom stereocenters. The van der Waals surface area contributed by atoms with Crippen LogP contribution in [0.5, 0.6) is 5.75 Å². The van der Waals surface area contributed by atoms with E-state index in [0.717, 1.165) is 12.1 Å². The van der Waals surface area contributed by atoms with Gasteiger partial charge in [0, 0.05) is 18.5 Å². The lowest BCUT2D eigenvalue weighted by atomic mass is 9.82. The Balaban J connectivity index is 2.04. The van der Waals surface area contributed by atoms with Crippen molar-refractivity contribution in [3.8, 4) is 5.75 Å². The fraction of sp³-hybridized carbons (Fsp3) is 0.619. The molecule has 1 aliphatic rings. The highest BCUT2D eigenvalue weighted by Crippen LogP contribution is 2.34. The second-order valence-corrected chi connectivity index (χ2v) is 8.89. The Morgan fingerprint density at radius 3 is 2.46 bits per heavy atom. The molecule has 2 rings (SSSR count). The minimum Gasteiger partial charge on any atom is -0.478 e. The van der Waals surface area contributed by atoms with Gasteiger partial charge < -0.3 is 15.0 Å². The summed E-state index contributed by atoms with van der Waals surface area (Å²) in [5.41, 5.74) is 0.585.